The number of hydrogen-bond acceptors (Lipinski definition) is 1. The molecule has 0 aliphatic carbocycles. The second-order valence-electron chi connectivity index (χ2n) is 4.20. The molecule has 3 rings (SSSR count). The van der Waals surface area contributed by atoms with Gasteiger partial charge in [0.1, 0.15) is 0 Å². The Balaban J connectivity index is 0.00000120. The maximum Gasteiger partial charge on any atom is 0.0239 e. The first-order valence-electron chi connectivity index (χ1n) is 5.66. The molecule has 3 aromatic rings. The van der Waals surface area contributed by atoms with Crippen molar-refractivity contribution < 1.29 is 20.1 Å². The van der Waals surface area contributed by atoms with Crippen molar-refractivity contribution in [2.75, 3.05) is 0 Å². The third kappa shape index (κ3) is 2.50. The summed E-state index contributed by atoms with van der Waals surface area (Å²) in [7, 11) is 0. The third-order valence-electron chi connectivity index (χ3n) is 2.88. The van der Waals surface area contributed by atoms with Crippen molar-refractivity contribution in [1.82, 2.24) is 4.98 Å². The first-order valence-corrected chi connectivity index (χ1v) is 5.66. The molecule has 0 bridgehead atoms. The normalized spacial score (nSPS) is 10.1. The molecular weight excluding hydrogens is 398 g/mol. The second-order valence-corrected chi connectivity index (χ2v) is 4.20. The molecule has 0 atom stereocenters. The van der Waals surface area contributed by atoms with Gasteiger partial charge in [-0.3, -0.25) is 0 Å². The van der Waals surface area contributed by atoms with E-state index in [9.17, 15) is 0 Å². The fourth-order valence-electron chi connectivity index (χ4n) is 1.89. The Hall–Kier alpha value is -1.50. The van der Waals surface area contributed by atoms with Gasteiger partial charge in [-0.2, -0.15) is 0 Å². The zero-order chi connectivity index (χ0) is 11.7. The van der Waals surface area contributed by atoms with Crippen LogP contribution in [0.4, 0.5) is 0 Å². The van der Waals surface area contributed by atoms with E-state index in [-0.39, 0.29) is 20.1 Å². The Bertz CT molecular complexity index is 659. The Kier molecular flexibility index (Phi) is 3.90. The van der Waals surface area contributed by atoms with Gasteiger partial charge in [0.05, 0.1) is 0 Å². The molecule has 1 nitrogen and oxygen atoms in total. The van der Waals surface area contributed by atoms with Crippen LogP contribution >= 0.6 is 0 Å². The number of hydrogen-bond donors (Lipinski definition) is 0. The SMILES string of the molecule is Cc1c[c-]c(-c2cc3ccccc3cn2)cc1.[Ir]. The fraction of sp³-hybridized carbons (Fsp3) is 0.0625. The van der Waals surface area contributed by atoms with E-state index in [2.05, 4.69) is 48.3 Å². The average Bonchev–Trinajstić information content (AvgIpc) is 2.39. The van der Waals surface area contributed by atoms with E-state index in [0.29, 0.717) is 0 Å². The van der Waals surface area contributed by atoms with Crippen molar-refractivity contribution in [3.63, 3.8) is 0 Å². The van der Waals surface area contributed by atoms with Gasteiger partial charge in [0, 0.05) is 26.3 Å². The van der Waals surface area contributed by atoms with Crippen LogP contribution in [0.15, 0.2) is 54.7 Å². The summed E-state index contributed by atoms with van der Waals surface area (Å²) < 4.78 is 0. The molecule has 0 saturated carbocycles. The van der Waals surface area contributed by atoms with Crippen LogP contribution in [0.1, 0.15) is 5.56 Å². The zero-order valence-corrected chi connectivity index (χ0v) is 12.4. The summed E-state index contributed by atoms with van der Waals surface area (Å²) in [6.07, 6.45) is 1.92. The largest absolute Gasteiger partial charge is 0.304 e. The number of aryl methyl sites for hydroxylation is 1. The molecule has 2 aromatic carbocycles. The Morgan fingerprint density at radius 3 is 2.50 bits per heavy atom. The van der Waals surface area contributed by atoms with Crippen molar-refractivity contribution in [2.24, 2.45) is 0 Å². The van der Waals surface area contributed by atoms with E-state index in [1.54, 1.807) is 0 Å². The van der Waals surface area contributed by atoms with Crippen LogP contribution in [0, 0.1) is 13.0 Å². The van der Waals surface area contributed by atoms with Gasteiger partial charge in [-0.25, -0.2) is 0 Å². The Morgan fingerprint density at radius 1 is 1.00 bits per heavy atom. The van der Waals surface area contributed by atoms with Gasteiger partial charge in [-0.15, -0.1) is 35.4 Å². The van der Waals surface area contributed by atoms with Gasteiger partial charge in [0.25, 0.3) is 0 Å². The van der Waals surface area contributed by atoms with Crippen molar-refractivity contribution in [1.29, 1.82) is 0 Å². The number of pyridine rings is 1. The minimum absolute atomic E-state index is 0. The van der Waals surface area contributed by atoms with Crippen molar-refractivity contribution >= 4 is 10.8 Å². The van der Waals surface area contributed by atoms with Crippen LogP contribution in [-0.4, -0.2) is 4.98 Å². The Labute approximate surface area is 120 Å². The molecule has 1 aromatic heterocycles. The van der Waals surface area contributed by atoms with Gasteiger partial charge in [0.2, 0.25) is 0 Å². The third-order valence-corrected chi connectivity index (χ3v) is 2.88. The first kappa shape index (κ1) is 12.9. The van der Waals surface area contributed by atoms with E-state index in [1.165, 1.54) is 16.3 Å². The maximum absolute atomic E-state index is 4.48. The predicted molar refractivity (Wildman–Crippen MR) is 70.8 cm³/mol. The molecule has 91 valence electrons. The van der Waals surface area contributed by atoms with Crippen LogP contribution in [0.5, 0.6) is 0 Å². The summed E-state index contributed by atoms with van der Waals surface area (Å²) in [5, 5.41) is 2.38. The molecule has 18 heavy (non-hydrogen) atoms. The molecule has 0 aliphatic rings. The van der Waals surface area contributed by atoms with E-state index < -0.39 is 0 Å². The molecule has 0 aliphatic heterocycles. The fourth-order valence-corrected chi connectivity index (χ4v) is 1.89. The summed E-state index contributed by atoms with van der Waals surface area (Å²) in [6.45, 7) is 2.06. The van der Waals surface area contributed by atoms with E-state index in [1.807, 2.05) is 24.4 Å². The van der Waals surface area contributed by atoms with Crippen LogP contribution in [0.3, 0.4) is 0 Å². The monoisotopic (exact) mass is 411 g/mol. The van der Waals surface area contributed by atoms with E-state index in [0.717, 1.165) is 11.3 Å². The van der Waals surface area contributed by atoms with Crippen LogP contribution in [-0.2, 0) is 20.1 Å². The van der Waals surface area contributed by atoms with Gasteiger partial charge in [0.15, 0.2) is 0 Å². The van der Waals surface area contributed by atoms with Crippen LogP contribution < -0.4 is 0 Å². The number of aromatic nitrogens is 1. The van der Waals surface area contributed by atoms with Crippen LogP contribution in [0.2, 0.25) is 0 Å². The first-order chi connectivity index (χ1) is 8.33. The Morgan fingerprint density at radius 2 is 1.78 bits per heavy atom. The zero-order valence-electron chi connectivity index (χ0n) is 9.98. The molecule has 0 N–H and O–H groups in total. The molecule has 2 heteroatoms. The van der Waals surface area contributed by atoms with Crippen LogP contribution in [0.25, 0.3) is 22.0 Å². The number of nitrogens with zero attached hydrogens (tertiary/aromatic N) is 1. The van der Waals surface area contributed by atoms with Gasteiger partial charge in [-0.1, -0.05) is 37.3 Å². The van der Waals surface area contributed by atoms with Crippen molar-refractivity contribution in [3.05, 3.63) is 66.4 Å². The van der Waals surface area contributed by atoms with Gasteiger partial charge < -0.3 is 4.98 Å². The molecule has 0 spiro atoms. The second kappa shape index (κ2) is 5.43. The number of fused-ring (bicyclic) bond motifs is 1. The maximum atomic E-state index is 4.48. The minimum atomic E-state index is 0. The van der Waals surface area contributed by atoms with E-state index >= 15 is 0 Å². The molecule has 0 unspecified atom stereocenters. The topological polar surface area (TPSA) is 12.9 Å². The number of benzene rings is 2. The molecule has 0 fully saturated rings. The minimum Gasteiger partial charge on any atom is -0.304 e. The molecule has 0 amide bonds. The predicted octanol–water partition coefficient (Wildman–Crippen LogP) is 4.01. The molecule has 1 radical (unpaired) electrons. The smallest absolute Gasteiger partial charge is 0.0239 e. The molecular formula is C16H12IrN-. The molecule has 1 heterocycles. The summed E-state index contributed by atoms with van der Waals surface area (Å²) in [4.78, 5) is 4.48. The quantitative estimate of drug-likeness (QED) is 0.553. The summed E-state index contributed by atoms with van der Waals surface area (Å²) >= 11 is 0. The van der Waals surface area contributed by atoms with E-state index in [4.69, 9.17) is 0 Å². The summed E-state index contributed by atoms with van der Waals surface area (Å²) in [5.74, 6) is 0. The van der Waals surface area contributed by atoms with Crippen molar-refractivity contribution in [2.45, 2.75) is 6.92 Å². The number of rotatable bonds is 1. The summed E-state index contributed by atoms with van der Waals surface area (Å²) in [5.41, 5.74) is 3.24. The van der Waals surface area contributed by atoms with Gasteiger partial charge in [-0.05, 0) is 16.5 Å². The molecule has 0 saturated heterocycles. The van der Waals surface area contributed by atoms with Gasteiger partial charge >= 0.3 is 0 Å². The summed E-state index contributed by atoms with van der Waals surface area (Å²) in [6, 6.07) is 19.8. The standard InChI is InChI=1S/C16H12N.Ir/c1-12-6-8-13(9-7-12)16-10-14-4-2-3-5-15(14)11-17-16;/h2-8,10-11H,1H3;/q-1;. The average molecular weight is 410 g/mol. The van der Waals surface area contributed by atoms with Crippen molar-refractivity contribution in [3.8, 4) is 11.3 Å².